The van der Waals surface area contributed by atoms with E-state index in [0.717, 1.165) is 82.0 Å². The number of halogens is 2. The van der Waals surface area contributed by atoms with Crippen molar-refractivity contribution >= 4 is 65.8 Å². The van der Waals surface area contributed by atoms with Gasteiger partial charge in [0.2, 0.25) is 0 Å². The van der Waals surface area contributed by atoms with Gasteiger partial charge >= 0.3 is 0 Å². The number of aromatic nitrogens is 3. The summed E-state index contributed by atoms with van der Waals surface area (Å²) in [4.78, 5) is 14.4. The number of fused-ring (bicyclic) bond motifs is 4. The first-order chi connectivity index (χ1) is 25.5. The average Bonchev–Trinajstić information content (AvgIpc) is 3.39. The van der Waals surface area contributed by atoms with E-state index < -0.39 is 0 Å². The molecule has 0 radical (unpaired) electrons. The maximum atomic E-state index is 5.98. The second-order valence-corrected chi connectivity index (χ2v) is 14.5. The fourth-order valence-electron chi connectivity index (χ4n) is 5.93. The highest BCUT2D eigenvalue weighted by Gasteiger charge is 2.23. The highest BCUT2D eigenvalue weighted by atomic mass is 79.9. The molecule has 6 aromatic rings. The van der Waals surface area contributed by atoms with Gasteiger partial charge < -0.3 is 9.47 Å². The number of aliphatic imine (C=N–C) groups is 3. The van der Waals surface area contributed by atoms with E-state index in [4.69, 9.17) is 24.5 Å². The zero-order valence-corrected chi connectivity index (χ0v) is 32.5. The van der Waals surface area contributed by atoms with Crippen LogP contribution in [0.1, 0.15) is 39.5 Å². The Kier molecular flexibility index (Phi) is 11.5. The molecule has 8 rings (SSSR count). The molecule has 0 atom stereocenters. The Bertz CT molecular complexity index is 2270. The molecule has 0 N–H and O–H groups in total. The SMILES string of the molecule is COc1ccc(COCc2nnc3n2-c2ccc(Br)cc2C(c2ccccc2)=NC3)cc1.CSC1=Nc2ccc(Br)cc2C(c2ccccc2)=NC1. The Morgan fingerprint density at radius 2 is 1.33 bits per heavy atom. The van der Waals surface area contributed by atoms with Crippen molar-refractivity contribution in [3.05, 3.63) is 170 Å². The second kappa shape index (κ2) is 16.8. The van der Waals surface area contributed by atoms with Crippen LogP contribution in [0, 0.1) is 0 Å². The van der Waals surface area contributed by atoms with Gasteiger partial charge in [-0.25, -0.2) is 4.99 Å². The number of ether oxygens (including phenoxy) is 2. The number of rotatable bonds is 7. The van der Waals surface area contributed by atoms with E-state index >= 15 is 0 Å². The predicted molar refractivity (Wildman–Crippen MR) is 218 cm³/mol. The molecule has 260 valence electrons. The number of hydrogen-bond donors (Lipinski definition) is 0. The molecule has 1 aromatic heterocycles. The topological polar surface area (TPSA) is 86.2 Å². The zero-order valence-electron chi connectivity index (χ0n) is 28.5. The lowest BCUT2D eigenvalue weighted by Crippen LogP contribution is -2.10. The van der Waals surface area contributed by atoms with E-state index in [1.807, 2.05) is 85.1 Å². The first kappa shape index (κ1) is 35.7. The molecule has 2 aliphatic rings. The van der Waals surface area contributed by atoms with Crippen molar-refractivity contribution in [1.82, 2.24) is 14.8 Å². The second-order valence-electron chi connectivity index (χ2n) is 11.8. The molecule has 3 heterocycles. The summed E-state index contributed by atoms with van der Waals surface area (Å²) in [5.74, 6) is 2.37. The molecular formula is C41H34Br2N6O2S. The van der Waals surface area contributed by atoms with Crippen LogP contribution < -0.4 is 4.74 Å². The lowest BCUT2D eigenvalue weighted by Gasteiger charge is -2.14. The molecule has 0 saturated heterocycles. The molecule has 0 fully saturated rings. The Hall–Kier alpha value is -4.68. The van der Waals surface area contributed by atoms with Crippen LogP contribution >= 0.6 is 43.6 Å². The van der Waals surface area contributed by atoms with Gasteiger partial charge in [0.25, 0.3) is 0 Å². The van der Waals surface area contributed by atoms with Crippen LogP contribution in [0.3, 0.4) is 0 Å². The normalized spacial score (nSPS) is 13.1. The number of methoxy groups -OCH3 is 1. The van der Waals surface area contributed by atoms with Gasteiger partial charge in [-0.1, -0.05) is 105 Å². The summed E-state index contributed by atoms with van der Waals surface area (Å²) in [5, 5.41) is 9.86. The average molecular weight is 835 g/mol. The van der Waals surface area contributed by atoms with Crippen molar-refractivity contribution < 1.29 is 9.47 Å². The fourth-order valence-corrected chi connectivity index (χ4v) is 7.04. The lowest BCUT2D eigenvalue weighted by molar-refractivity contribution is 0.100. The minimum Gasteiger partial charge on any atom is -0.497 e. The van der Waals surface area contributed by atoms with Gasteiger partial charge in [0.1, 0.15) is 18.9 Å². The van der Waals surface area contributed by atoms with Crippen LogP contribution in [-0.4, -0.2) is 51.1 Å². The lowest BCUT2D eigenvalue weighted by atomic mass is 10.0. The quantitative estimate of drug-likeness (QED) is 0.160. The highest BCUT2D eigenvalue weighted by molar-refractivity contribution is 9.10. The monoisotopic (exact) mass is 832 g/mol. The smallest absolute Gasteiger partial charge is 0.163 e. The Labute approximate surface area is 324 Å². The van der Waals surface area contributed by atoms with E-state index in [0.29, 0.717) is 26.3 Å². The molecule has 0 spiro atoms. The number of benzene rings is 5. The van der Waals surface area contributed by atoms with E-state index in [2.05, 4.69) is 89.1 Å². The maximum absolute atomic E-state index is 5.98. The first-order valence-electron chi connectivity index (χ1n) is 16.6. The van der Waals surface area contributed by atoms with Crippen molar-refractivity contribution in [3.63, 3.8) is 0 Å². The summed E-state index contributed by atoms with van der Waals surface area (Å²) in [6, 6.07) is 40.7. The molecule has 2 aliphatic heterocycles. The molecule has 0 aliphatic carbocycles. The van der Waals surface area contributed by atoms with Crippen LogP contribution in [-0.2, 0) is 24.5 Å². The fraction of sp³-hybridized carbons (Fsp3) is 0.146. The van der Waals surface area contributed by atoms with Gasteiger partial charge in [0, 0.05) is 31.2 Å². The van der Waals surface area contributed by atoms with Gasteiger partial charge in [0.15, 0.2) is 11.6 Å². The Morgan fingerprint density at radius 1 is 0.692 bits per heavy atom. The molecule has 11 heteroatoms. The minimum absolute atomic E-state index is 0.342. The van der Waals surface area contributed by atoms with E-state index in [9.17, 15) is 0 Å². The summed E-state index contributed by atoms with van der Waals surface area (Å²) in [6.07, 6.45) is 2.04. The van der Waals surface area contributed by atoms with Crippen LogP contribution in [0.5, 0.6) is 5.75 Å². The Balaban J connectivity index is 0.000000180. The highest BCUT2D eigenvalue weighted by Crippen LogP contribution is 2.31. The van der Waals surface area contributed by atoms with Crippen molar-refractivity contribution in [2.75, 3.05) is 19.9 Å². The van der Waals surface area contributed by atoms with E-state index in [1.54, 1.807) is 18.9 Å². The van der Waals surface area contributed by atoms with Crippen LogP contribution in [0.4, 0.5) is 5.69 Å². The zero-order chi connectivity index (χ0) is 35.9. The first-order valence-corrected chi connectivity index (χ1v) is 19.4. The van der Waals surface area contributed by atoms with Gasteiger partial charge in [-0.05, 0) is 60.4 Å². The predicted octanol–water partition coefficient (Wildman–Crippen LogP) is 9.80. The van der Waals surface area contributed by atoms with Crippen molar-refractivity contribution in [1.29, 1.82) is 0 Å². The van der Waals surface area contributed by atoms with Gasteiger partial charge in [0.05, 0.1) is 48.1 Å². The molecule has 8 nitrogen and oxygen atoms in total. The van der Waals surface area contributed by atoms with Crippen LogP contribution in [0.2, 0.25) is 0 Å². The van der Waals surface area contributed by atoms with Gasteiger partial charge in [-0.3, -0.25) is 14.6 Å². The van der Waals surface area contributed by atoms with Crippen molar-refractivity contribution in [3.8, 4) is 11.4 Å². The number of nitrogens with zero attached hydrogens (tertiary/aromatic N) is 6. The van der Waals surface area contributed by atoms with Gasteiger partial charge in [-0.2, -0.15) is 0 Å². The summed E-state index contributed by atoms with van der Waals surface area (Å²) < 4.78 is 15.3. The summed E-state index contributed by atoms with van der Waals surface area (Å²) in [5.41, 5.74) is 9.31. The molecule has 52 heavy (non-hydrogen) atoms. The molecule has 0 amide bonds. The standard InChI is InChI=1S/C25H21BrN4O2.C16H13BrN2S/c1-31-20-10-7-17(8-11-20)15-32-16-24-29-28-23-14-27-25(18-5-3-2-4-6-18)21-13-19(26)9-12-22(21)30(23)24;1-20-15-10-18-16(11-5-3-2-4-6-11)13-9-12(17)7-8-14(13)19-15/h2-13H,14-16H2,1H3;2-9H,10H2,1H3. The molecular weight excluding hydrogens is 800 g/mol. The summed E-state index contributed by atoms with van der Waals surface area (Å²) >= 11 is 8.81. The molecule has 5 aromatic carbocycles. The number of hydrogen-bond acceptors (Lipinski definition) is 8. The van der Waals surface area contributed by atoms with E-state index in [1.165, 1.54) is 0 Å². The van der Waals surface area contributed by atoms with Crippen molar-refractivity contribution in [2.45, 2.75) is 19.8 Å². The van der Waals surface area contributed by atoms with Crippen LogP contribution in [0.25, 0.3) is 5.69 Å². The molecule has 0 saturated carbocycles. The third-order valence-electron chi connectivity index (χ3n) is 8.45. The largest absolute Gasteiger partial charge is 0.497 e. The van der Waals surface area contributed by atoms with E-state index in [-0.39, 0.29) is 0 Å². The molecule has 0 bridgehead atoms. The maximum Gasteiger partial charge on any atom is 0.163 e. The summed E-state index contributed by atoms with van der Waals surface area (Å²) in [7, 11) is 1.66. The molecule has 0 unspecified atom stereocenters. The third-order valence-corrected chi connectivity index (χ3v) is 10.1. The summed E-state index contributed by atoms with van der Waals surface area (Å²) in [6.45, 7) is 1.90. The number of thioether (sulfide) groups is 1. The minimum atomic E-state index is 0.342. The van der Waals surface area contributed by atoms with Gasteiger partial charge in [-0.15, -0.1) is 22.0 Å². The van der Waals surface area contributed by atoms with Crippen LogP contribution in [0.15, 0.2) is 145 Å². The third kappa shape index (κ3) is 8.18. The Morgan fingerprint density at radius 3 is 2.00 bits per heavy atom. The van der Waals surface area contributed by atoms with Crippen molar-refractivity contribution in [2.24, 2.45) is 15.0 Å².